The summed E-state index contributed by atoms with van der Waals surface area (Å²) >= 11 is 0. The molecular weight excluding hydrogens is 192 g/mol. The van der Waals surface area contributed by atoms with Gasteiger partial charge in [-0.15, -0.1) is 0 Å². The number of ether oxygens (including phenoxy) is 1. The molecule has 4 heteroatoms. The largest absolute Gasteiger partial charge is 0.432 e. The third kappa shape index (κ3) is 2.31. The number of nitrogens with zero attached hydrogens (tertiary/aromatic N) is 2. The Hall–Kier alpha value is -1.03. The molecule has 2 rings (SSSR count). The minimum absolute atomic E-state index is 0.476. The van der Waals surface area contributed by atoms with Gasteiger partial charge in [0.1, 0.15) is 6.26 Å². The fourth-order valence-corrected chi connectivity index (χ4v) is 1.61. The lowest BCUT2D eigenvalue weighted by atomic mass is 10.1. The number of anilines is 1. The molecule has 84 valence electrons. The fraction of sp³-hybridized carbons (Fsp3) is 0.727. The molecule has 0 bridgehead atoms. The van der Waals surface area contributed by atoms with Crippen molar-refractivity contribution in [2.75, 3.05) is 31.2 Å². The summed E-state index contributed by atoms with van der Waals surface area (Å²) in [6.45, 7) is 7.61. The molecule has 15 heavy (non-hydrogen) atoms. The Morgan fingerprint density at radius 1 is 1.47 bits per heavy atom. The summed E-state index contributed by atoms with van der Waals surface area (Å²) in [5.41, 5.74) is 1.05. The third-order valence-electron chi connectivity index (χ3n) is 2.91. The number of aromatic nitrogens is 1. The van der Waals surface area contributed by atoms with Crippen LogP contribution in [0.3, 0.4) is 0 Å². The smallest absolute Gasteiger partial charge is 0.297 e. The number of hydrogen-bond acceptors (Lipinski definition) is 4. The number of morpholine rings is 1. The highest BCUT2D eigenvalue weighted by Gasteiger charge is 2.17. The van der Waals surface area contributed by atoms with Gasteiger partial charge >= 0.3 is 0 Å². The standard InChI is InChI=1S/C11H18N2O2/c1-3-9(2)10-8-15-11(12-10)13-4-6-14-7-5-13/h8-9H,3-7H2,1-2H3. The van der Waals surface area contributed by atoms with Crippen molar-refractivity contribution < 1.29 is 9.15 Å². The van der Waals surface area contributed by atoms with E-state index in [1.807, 2.05) is 0 Å². The molecule has 4 nitrogen and oxygen atoms in total. The van der Waals surface area contributed by atoms with E-state index < -0.39 is 0 Å². The first-order chi connectivity index (χ1) is 7.31. The maximum absolute atomic E-state index is 5.49. The predicted octanol–water partition coefficient (Wildman–Crippen LogP) is 2.02. The van der Waals surface area contributed by atoms with E-state index in [0.717, 1.165) is 44.4 Å². The van der Waals surface area contributed by atoms with Gasteiger partial charge in [0.25, 0.3) is 6.01 Å². The molecule has 0 radical (unpaired) electrons. The van der Waals surface area contributed by atoms with Gasteiger partial charge in [-0.25, -0.2) is 0 Å². The first-order valence-electron chi connectivity index (χ1n) is 5.59. The molecule has 1 fully saturated rings. The molecule has 1 aromatic rings. The van der Waals surface area contributed by atoms with Crippen LogP contribution in [0, 0.1) is 0 Å². The number of rotatable bonds is 3. The van der Waals surface area contributed by atoms with Crippen LogP contribution < -0.4 is 4.90 Å². The molecule has 0 amide bonds. The van der Waals surface area contributed by atoms with Gasteiger partial charge < -0.3 is 14.1 Å². The Labute approximate surface area is 90.2 Å². The quantitative estimate of drug-likeness (QED) is 0.765. The van der Waals surface area contributed by atoms with E-state index in [1.54, 1.807) is 6.26 Å². The lowest BCUT2D eigenvalue weighted by Gasteiger charge is -2.24. The molecule has 0 saturated carbocycles. The van der Waals surface area contributed by atoms with Crippen LogP contribution in [-0.2, 0) is 4.74 Å². The monoisotopic (exact) mass is 210 g/mol. The summed E-state index contributed by atoms with van der Waals surface area (Å²) in [5.74, 6) is 0.476. The summed E-state index contributed by atoms with van der Waals surface area (Å²) in [4.78, 5) is 6.64. The van der Waals surface area contributed by atoms with Gasteiger partial charge in [0, 0.05) is 19.0 Å². The Morgan fingerprint density at radius 2 is 2.20 bits per heavy atom. The molecule has 2 heterocycles. The number of oxazole rings is 1. The van der Waals surface area contributed by atoms with E-state index in [0.29, 0.717) is 5.92 Å². The molecule has 0 spiro atoms. The highest BCUT2D eigenvalue weighted by Crippen LogP contribution is 2.22. The summed E-state index contributed by atoms with van der Waals surface area (Å²) < 4.78 is 10.8. The molecule has 1 aliphatic heterocycles. The SMILES string of the molecule is CCC(C)c1coc(N2CCOCC2)n1. The second kappa shape index (κ2) is 4.66. The lowest BCUT2D eigenvalue weighted by molar-refractivity contribution is 0.120. The van der Waals surface area contributed by atoms with Crippen molar-refractivity contribution in [3.05, 3.63) is 12.0 Å². The van der Waals surface area contributed by atoms with Crippen molar-refractivity contribution in [3.63, 3.8) is 0 Å². The minimum Gasteiger partial charge on any atom is -0.432 e. The first kappa shape index (κ1) is 10.5. The Kier molecular flexibility index (Phi) is 3.26. The maximum Gasteiger partial charge on any atom is 0.297 e. The molecular formula is C11H18N2O2. The molecule has 1 aromatic heterocycles. The van der Waals surface area contributed by atoms with Gasteiger partial charge in [0.15, 0.2) is 0 Å². The molecule has 1 unspecified atom stereocenters. The fourth-order valence-electron chi connectivity index (χ4n) is 1.61. The van der Waals surface area contributed by atoms with Crippen LogP contribution in [0.1, 0.15) is 31.9 Å². The second-order valence-electron chi connectivity index (χ2n) is 3.96. The van der Waals surface area contributed by atoms with Gasteiger partial charge in [-0.2, -0.15) is 4.98 Å². The van der Waals surface area contributed by atoms with Crippen molar-refractivity contribution >= 4 is 6.01 Å². The van der Waals surface area contributed by atoms with Crippen LogP contribution in [0.25, 0.3) is 0 Å². The summed E-state index contributed by atoms with van der Waals surface area (Å²) in [6.07, 6.45) is 2.87. The van der Waals surface area contributed by atoms with E-state index in [2.05, 4.69) is 23.7 Å². The average Bonchev–Trinajstić information content (AvgIpc) is 2.78. The van der Waals surface area contributed by atoms with Crippen LogP contribution in [0.2, 0.25) is 0 Å². The Bertz CT molecular complexity index is 305. The zero-order chi connectivity index (χ0) is 10.7. The number of hydrogen-bond donors (Lipinski definition) is 0. The van der Waals surface area contributed by atoms with Gasteiger partial charge in [-0.05, 0) is 6.42 Å². The van der Waals surface area contributed by atoms with Crippen LogP contribution in [-0.4, -0.2) is 31.3 Å². The van der Waals surface area contributed by atoms with Crippen molar-refractivity contribution in [1.82, 2.24) is 4.98 Å². The van der Waals surface area contributed by atoms with Crippen molar-refractivity contribution in [2.24, 2.45) is 0 Å². The summed E-state index contributed by atoms with van der Waals surface area (Å²) in [7, 11) is 0. The average molecular weight is 210 g/mol. The minimum atomic E-state index is 0.476. The van der Waals surface area contributed by atoms with Crippen LogP contribution in [0.5, 0.6) is 0 Å². The van der Waals surface area contributed by atoms with Gasteiger partial charge in [-0.3, -0.25) is 0 Å². The summed E-state index contributed by atoms with van der Waals surface area (Å²) in [6, 6.07) is 0.744. The Balaban J connectivity index is 2.05. The van der Waals surface area contributed by atoms with Gasteiger partial charge in [-0.1, -0.05) is 13.8 Å². The van der Waals surface area contributed by atoms with E-state index in [9.17, 15) is 0 Å². The van der Waals surface area contributed by atoms with E-state index in [1.165, 1.54) is 0 Å². The predicted molar refractivity (Wildman–Crippen MR) is 58.2 cm³/mol. The van der Waals surface area contributed by atoms with Gasteiger partial charge in [0.2, 0.25) is 0 Å². The van der Waals surface area contributed by atoms with Crippen LogP contribution in [0.4, 0.5) is 6.01 Å². The van der Waals surface area contributed by atoms with E-state index >= 15 is 0 Å². The zero-order valence-electron chi connectivity index (χ0n) is 9.40. The summed E-state index contributed by atoms with van der Waals surface area (Å²) in [5, 5.41) is 0. The van der Waals surface area contributed by atoms with Gasteiger partial charge in [0.05, 0.1) is 18.9 Å². The normalized spacial score (nSPS) is 19.2. The topological polar surface area (TPSA) is 38.5 Å². The zero-order valence-corrected chi connectivity index (χ0v) is 9.40. The highest BCUT2D eigenvalue weighted by molar-refractivity contribution is 5.28. The highest BCUT2D eigenvalue weighted by atomic mass is 16.5. The van der Waals surface area contributed by atoms with Crippen molar-refractivity contribution in [3.8, 4) is 0 Å². The van der Waals surface area contributed by atoms with E-state index in [-0.39, 0.29) is 0 Å². The van der Waals surface area contributed by atoms with Crippen LogP contribution >= 0.6 is 0 Å². The molecule has 0 aromatic carbocycles. The lowest BCUT2D eigenvalue weighted by Crippen LogP contribution is -2.36. The van der Waals surface area contributed by atoms with E-state index in [4.69, 9.17) is 9.15 Å². The van der Waals surface area contributed by atoms with Crippen LogP contribution in [0.15, 0.2) is 10.7 Å². The van der Waals surface area contributed by atoms with Crippen molar-refractivity contribution in [1.29, 1.82) is 0 Å². The molecule has 0 aliphatic carbocycles. The molecule has 0 N–H and O–H groups in total. The maximum atomic E-state index is 5.49. The van der Waals surface area contributed by atoms with Crippen molar-refractivity contribution in [2.45, 2.75) is 26.2 Å². The third-order valence-corrected chi connectivity index (χ3v) is 2.91. The second-order valence-corrected chi connectivity index (χ2v) is 3.96. The molecule has 1 aliphatic rings. The first-order valence-corrected chi connectivity index (χ1v) is 5.59. The molecule has 1 saturated heterocycles. The Morgan fingerprint density at radius 3 is 2.87 bits per heavy atom. The molecule has 1 atom stereocenters.